The first-order chi connectivity index (χ1) is 32.4. The Morgan fingerprint density at radius 1 is 0.692 bits per heavy atom. The van der Waals surface area contributed by atoms with Crippen molar-refractivity contribution >= 4 is 66.6 Å². The van der Waals surface area contributed by atoms with E-state index in [-0.39, 0.29) is 34.4 Å². The van der Waals surface area contributed by atoms with Crippen molar-refractivity contribution in [2.45, 2.75) is 37.8 Å². The molecule has 2 N–H and O–H groups in total. The Balaban J connectivity index is 0.000000146. The van der Waals surface area contributed by atoms with Gasteiger partial charge in [-0.2, -0.15) is 10.2 Å². The van der Waals surface area contributed by atoms with Crippen LogP contribution in [0.1, 0.15) is 50.8 Å². The minimum Gasteiger partial charge on any atom is -0.344 e. The summed E-state index contributed by atoms with van der Waals surface area (Å²) in [5.74, 6) is 2.78. The minimum atomic E-state index is -1.00. The van der Waals surface area contributed by atoms with Gasteiger partial charge in [-0.1, -0.05) is 36.4 Å². The van der Waals surface area contributed by atoms with E-state index in [2.05, 4.69) is 70.4 Å². The van der Waals surface area contributed by atoms with Crippen LogP contribution in [0, 0.1) is 6.57 Å². The molecule has 19 nitrogen and oxygen atoms in total. The fraction of sp³-hybridized carbons (Fsp3) is 0.205. The van der Waals surface area contributed by atoms with Crippen LogP contribution in [0.3, 0.4) is 0 Å². The number of H-pyrrole nitrogens is 2. The Hall–Kier alpha value is -8.12. The standard InChI is InChI=1S/C22H17N9O.C21H17BrN8O.CH3F/c1-23-15-9-11-30-18(15)22(32)31(14-6-3-2-4-7-14)20(28-30)16-8-5-10-29(16)21-17-19(25-12-24-17)26-13-27-21;22-14-8-10-29-17(14)21(31)30(13-5-2-1-3-6-13)19(27-29)15-7-4-9-28(15)20-16-18(24-11-23-16)25-12-26-20;1-2/h2-4,6-7,9,11-13,16H,5,8,10H2,(H,24,25,26,27);1-3,5-6,8,10-12,15H,4,7,9H2,(H,23,24,25,26);1H3/t16-;15-;/m00./s1/i;;1D. The maximum Gasteiger partial charge on any atom is 0.283 e. The number of hydrogen-bond acceptors (Lipinski definition) is 12. The van der Waals surface area contributed by atoms with E-state index in [4.69, 9.17) is 18.1 Å². The second-order valence-electron chi connectivity index (χ2n) is 15.0. The smallest absolute Gasteiger partial charge is 0.283 e. The SMILES string of the molecule is O=c1c2c(Br)ccn2nc([C@@H]2CCCN2c2ncnc3nc[nH]c23)n1-c1ccccc1.[2H]CF.[C-]#[N+]c1ccn2nc([C@@H]3CCCN3c3ncnc4nc[nH]c34)n(-c3ccccc3)c(=O)c12. The van der Waals surface area contributed by atoms with E-state index >= 15 is 0 Å². The topological polar surface area (TPSA) is 198 Å². The molecule has 0 saturated carbocycles. The predicted octanol–water partition coefficient (Wildman–Crippen LogP) is 6.88. The van der Waals surface area contributed by atoms with Crippen LogP contribution < -0.4 is 20.9 Å². The zero-order chi connectivity index (χ0) is 45.3. The first kappa shape index (κ1) is 39.7. The summed E-state index contributed by atoms with van der Waals surface area (Å²) >= 11 is 3.49. The molecule has 2 aromatic carbocycles. The third-order valence-corrected chi connectivity index (χ3v) is 12.2. The molecule has 0 radical (unpaired) electrons. The number of halogens is 2. The molecule has 0 spiro atoms. The molecule has 2 fully saturated rings. The number of fused-ring (bicyclic) bond motifs is 4. The highest BCUT2D eigenvalue weighted by atomic mass is 79.9. The highest BCUT2D eigenvalue weighted by Gasteiger charge is 2.35. The van der Waals surface area contributed by atoms with Crippen LogP contribution in [0.4, 0.5) is 21.7 Å². The number of aromatic amines is 2. The molecule has 324 valence electrons. The quantitative estimate of drug-likeness (QED) is 0.164. The monoisotopic (exact) mass is 934 g/mol. The Morgan fingerprint density at radius 2 is 1.17 bits per heavy atom. The van der Waals surface area contributed by atoms with Gasteiger partial charge in [0.1, 0.15) is 34.7 Å². The summed E-state index contributed by atoms with van der Waals surface area (Å²) in [6.07, 6.45) is 13.3. The van der Waals surface area contributed by atoms with Gasteiger partial charge in [0.25, 0.3) is 11.1 Å². The summed E-state index contributed by atoms with van der Waals surface area (Å²) in [7, 11) is -1.00. The van der Waals surface area contributed by atoms with Crippen LogP contribution in [0.25, 0.3) is 49.6 Å². The largest absolute Gasteiger partial charge is 0.344 e. The van der Waals surface area contributed by atoms with Crippen LogP contribution >= 0.6 is 15.9 Å². The summed E-state index contributed by atoms with van der Waals surface area (Å²) in [5, 5.41) is 9.73. The van der Waals surface area contributed by atoms with E-state index < -0.39 is 7.15 Å². The first-order valence-corrected chi connectivity index (χ1v) is 21.3. The fourth-order valence-electron chi connectivity index (χ4n) is 8.81. The number of alkyl halides is 1. The zero-order valence-electron chi connectivity index (χ0n) is 35.3. The summed E-state index contributed by atoms with van der Waals surface area (Å²) in [6, 6.07) is 22.2. The van der Waals surface area contributed by atoms with Crippen molar-refractivity contribution in [1.29, 1.82) is 0 Å². The van der Waals surface area contributed by atoms with Crippen molar-refractivity contribution < 1.29 is 5.76 Å². The number of hydrogen-bond donors (Lipinski definition) is 2. The number of benzene rings is 2. The molecule has 2 atom stereocenters. The van der Waals surface area contributed by atoms with Crippen molar-refractivity contribution in [3.63, 3.8) is 0 Å². The van der Waals surface area contributed by atoms with E-state index in [1.165, 1.54) is 17.2 Å². The van der Waals surface area contributed by atoms with E-state index in [1.54, 1.807) is 44.8 Å². The van der Waals surface area contributed by atoms with Gasteiger partial charge in [-0.25, -0.2) is 43.8 Å². The molecule has 0 unspecified atom stereocenters. The molecule has 0 amide bonds. The molecular formula is C44H37BrFN17O2. The van der Waals surface area contributed by atoms with E-state index in [0.717, 1.165) is 71.6 Å². The molecule has 21 heteroatoms. The number of para-hydroxylation sites is 2. The lowest BCUT2D eigenvalue weighted by atomic mass is 10.2. The van der Waals surface area contributed by atoms with E-state index in [1.807, 2.05) is 66.7 Å². The molecule has 2 saturated heterocycles. The minimum absolute atomic E-state index is 0.116. The Bertz CT molecular complexity index is 3530. The lowest BCUT2D eigenvalue weighted by Crippen LogP contribution is -2.33. The maximum atomic E-state index is 13.7. The van der Waals surface area contributed by atoms with Gasteiger partial charge in [0, 0.05) is 25.5 Å². The summed E-state index contributed by atoms with van der Waals surface area (Å²) in [6.45, 7) is 9.01. The van der Waals surface area contributed by atoms with Crippen molar-refractivity contribution in [2.75, 3.05) is 30.0 Å². The zero-order valence-corrected chi connectivity index (χ0v) is 35.9. The van der Waals surface area contributed by atoms with Crippen LogP contribution in [-0.2, 0) is 0 Å². The van der Waals surface area contributed by atoms with Gasteiger partial charge in [-0.15, -0.1) is 0 Å². The second-order valence-corrected chi connectivity index (χ2v) is 15.9. The van der Waals surface area contributed by atoms with E-state index in [9.17, 15) is 14.0 Å². The number of aromatic nitrogens is 14. The Kier molecular flexibility index (Phi) is 10.5. The van der Waals surface area contributed by atoms with Gasteiger partial charge >= 0.3 is 0 Å². The molecule has 0 aliphatic carbocycles. The van der Waals surface area contributed by atoms with Gasteiger partial charge < -0.3 is 19.8 Å². The van der Waals surface area contributed by atoms with Crippen molar-refractivity contribution in [3.8, 4) is 11.4 Å². The normalized spacial score (nSPS) is 16.1. The van der Waals surface area contributed by atoms with Gasteiger partial charge in [0.15, 0.2) is 34.6 Å². The molecule has 8 aromatic heterocycles. The molecular weight excluding hydrogens is 898 g/mol. The summed E-state index contributed by atoms with van der Waals surface area (Å²) in [4.78, 5) is 67.4. The highest BCUT2D eigenvalue weighted by Crippen LogP contribution is 2.39. The Morgan fingerprint density at radius 3 is 1.68 bits per heavy atom. The Labute approximate surface area is 377 Å². The lowest BCUT2D eigenvalue weighted by Gasteiger charge is -2.27. The van der Waals surface area contributed by atoms with E-state index in [0.29, 0.717) is 34.1 Å². The maximum absolute atomic E-state index is 13.7. The molecule has 0 bridgehead atoms. The number of anilines is 2. The van der Waals surface area contributed by atoms with Crippen molar-refractivity contribution in [2.24, 2.45) is 0 Å². The highest BCUT2D eigenvalue weighted by molar-refractivity contribution is 9.10. The summed E-state index contributed by atoms with van der Waals surface area (Å²) in [5.41, 5.74) is 4.94. The van der Waals surface area contributed by atoms with Crippen LogP contribution in [-0.4, -0.2) is 88.5 Å². The van der Waals surface area contributed by atoms with Gasteiger partial charge in [0.2, 0.25) is 5.69 Å². The second kappa shape index (κ2) is 17.2. The van der Waals surface area contributed by atoms with Crippen molar-refractivity contribution in [3.05, 3.63) is 159 Å². The number of nitrogens with zero attached hydrogens (tertiary/aromatic N) is 15. The average molecular weight is 936 g/mol. The average Bonchev–Trinajstić information content (AvgIpc) is 4.21. The van der Waals surface area contributed by atoms with Crippen LogP contribution in [0.5, 0.6) is 0 Å². The van der Waals surface area contributed by atoms with Gasteiger partial charge in [-0.05, 0) is 78.0 Å². The van der Waals surface area contributed by atoms with Gasteiger partial charge in [0.05, 0.1) is 55.7 Å². The van der Waals surface area contributed by atoms with Crippen LogP contribution in [0.15, 0.2) is 125 Å². The fourth-order valence-corrected chi connectivity index (χ4v) is 9.28. The molecule has 10 aromatic rings. The third-order valence-electron chi connectivity index (χ3n) is 11.6. The predicted molar refractivity (Wildman–Crippen MR) is 245 cm³/mol. The molecule has 65 heavy (non-hydrogen) atoms. The number of imidazole rings is 2. The van der Waals surface area contributed by atoms with Crippen molar-refractivity contribution in [1.82, 2.24) is 68.2 Å². The number of nitrogens with one attached hydrogen (secondary N) is 2. The van der Waals surface area contributed by atoms with Gasteiger partial charge in [-0.3, -0.25) is 23.1 Å². The number of rotatable bonds is 6. The third kappa shape index (κ3) is 7.03. The first-order valence-electron chi connectivity index (χ1n) is 21.2. The molecule has 2 aliphatic heterocycles. The molecule has 10 heterocycles. The summed E-state index contributed by atoms with van der Waals surface area (Å²) < 4.78 is 22.7. The molecule has 2 aliphatic rings. The lowest BCUT2D eigenvalue weighted by molar-refractivity contribution is 0.601. The van der Waals surface area contributed by atoms with Crippen LogP contribution in [0.2, 0.25) is 0 Å². The molecule has 12 rings (SSSR count).